The van der Waals surface area contributed by atoms with Gasteiger partial charge in [-0.2, -0.15) is 0 Å². The normalized spacial score (nSPS) is 10.1. The van der Waals surface area contributed by atoms with Crippen molar-refractivity contribution in [2.75, 3.05) is 26.6 Å². The van der Waals surface area contributed by atoms with E-state index in [1.54, 1.807) is 0 Å². The summed E-state index contributed by atoms with van der Waals surface area (Å²) in [5, 5.41) is 2.71. The molecule has 0 heterocycles. The quantitative estimate of drug-likeness (QED) is 0.901. The molecule has 1 amide bonds. The number of hydrogen-bond donors (Lipinski definition) is 1. The summed E-state index contributed by atoms with van der Waals surface area (Å²) >= 11 is 5.68. The minimum atomic E-state index is -0.627. The van der Waals surface area contributed by atoms with E-state index in [2.05, 4.69) is 5.32 Å². The lowest BCUT2D eigenvalue weighted by molar-refractivity contribution is 0.102. The smallest absolute Gasteiger partial charge is 0.256 e. The number of nitrogens with one attached hydrogen (secondary N) is 1. The van der Waals surface area contributed by atoms with Crippen molar-refractivity contribution in [3.8, 4) is 17.2 Å². The molecule has 7 heteroatoms. The summed E-state index contributed by atoms with van der Waals surface area (Å²) in [5.74, 6) is -0.129. The molecule has 0 bridgehead atoms. The molecular weight excluding hydrogens is 325 g/mol. The Bertz CT molecular complexity index is 711. The summed E-state index contributed by atoms with van der Waals surface area (Å²) in [7, 11) is 4.35. The van der Waals surface area contributed by atoms with Gasteiger partial charge in [0.2, 0.25) is 5.75 Å². The van der Waals surface area contributed by atoms with Crippen LogP contribution in [0.5, 0.6) is 17.2 Å². The van der Waals surface area contributed by atoms with Crippen LogP contribution in [0.3, 0.4) is 0 Å². The van der Waals surface area contributed by atoms with E-state index in [4.69, 9.17) is 25.8 Å². The zero-order valence-electron chi connectivity index (χ0n) is 12.8. The molecule has 0 aliphatic heterocycles. The first-order valence-corrected chi connectivity index (χ1v) is 6.94. The SMILES string of the molecule is COc1cc(C(=O)Nc2ccc(Cl)cc2F)cc(OC)c1OC. The largest absolute Gasteiger partial charge is 0.493 e. The molecule has 2 aromatic carbocycles. The van der Waals surface area contributed by atoms with Gasteiger partial charge in [-0.1, -0.05) is 11.6 Å². The van der Waals surface area contributed by atoms with Crippen LogP contribution < -0.4 is 19.5 Å². The van der Waals surface area contributed by atoms with E-state index in [9.17, 15) is 9.18 Å². The minimum absolute atomic E-state index is 0.0214. The Morgan fingerprint density at radius 3 is 2.13 bits per heavy atom. The fraction of sp³-hybridized carbons (Fsp3) is 0.188. The highest BCUT2D eigenvalue weighted by atomic mass is 35.5. The lowest BCUT2D eigenvalue weighted by Gasteiger charge is -2.14. The number of benzene rings is 2. The van der Waals surface area contributed by atoms with Gasteiger partial charge in [0.1, 0.15) is 5.82 Å². The van der Waals surface area contributed by atoms with Crippen molar-refractivity contribution in [1.29, 1.82) is 0 Å². The Hall–Kier alpha value is -2.47. The third-order valence-electron chi connectivity index (χ3n) is 3.11. The van der Waals surface area contributed by atoms with E-state index in [1.807, 2.05) is 0 Å². The average molecular weight is 340 g/mol. The van der Waals surface area contributed by atoms with Crippen molar-refractivity contribution in [2.45, 2.75) is 0 Å². The number of methoxy groups -OCH3 is 3. The van der Waals surface area contributed by atoms with Gasteiger partial charge in [-0.15, -0.1) is 0 Å². The first-order valence-electron chi connectivity index (χ1n) is 6.56. The predicted octanol–water partition coefficient (Wildman–Crippen LogP) is 3.76. The molecule has 23 heavy (non-hydrogen) atoms. The number of ether oxygens (including phenoxy) is 3. The highest BCUT2D eigenvalue weighted by Gasteiger charge is 2.18. The Morgan fingerprint density at radius 2 is 1.65 bits per heavy atom. The van der Waals surface area contributed by atoms with Crippen molar-refractivity contribution in [3.05, 3.63) is 46.7 Å². The fourth-order valence-corrected chi connectivity index (χ4v) is 2.16. The Labute approximate surface area is 137 Å². The van der Waals surface area contributed by atoms with Gasteiger partial charge < -0.3 is 19.5 Å². The van der Waals surface area contributed by atoms with Crippen LogP contribution in [0, 0.1) is 5.82 Å². The molecule has 0 unspecified atom stereocenters. The van der Waals surface area contributed by atoms with E-state index in [-0.39, 0.29) is 16.3 Å². The van der Waals surface area contributed by atoms with Gasteiger partial charge in [0.25, 0.3) is 5.91 Å². The molecule has 122 valence electrons. The van der Waals surface area contributed by atoms with Gasteiger partial charge >= 0.3 is 0 Å². The van der Waals surface area contributed by atoms with Crippen LogP contribution in [0.2, 0.25) is 5.02 Å². The molecule has 0 aliphatic rings. The zero-order valence-corrected chi connectivity index (χ0v) is 13.5. The molecule has 0 saturated carbocycles. The number of halogens is 2. The fourth-order valence-electron chi connectivity index (χ4n) is 2.00. The van der Waals surface area contributed by atoms with E-state index < -0.39 is 11.7 Å². The molecule has 0 aliphatic carbocycles. The molecule has 2 aromatic rings. The Morgan fingerprint density at radius 1 is 1.04 bits per heavy atom. The predicted molar refractivity (Wildman–Crippen MR) is 85.5 cm³/mol. The van der Waals surface area contributed by atoms with Gasteiger partial charge in [-0.3, -0.25) is 4.79 Å². The molecule has 1 N–H and O–H groups in total. The Kier molecular flexibility index (Phi) is 5.28. The maximum Gasteiger partial charge on any atom is 0.256 e. The standard InChI is InChI=1S/C16H15ClFNO4/c1-21-13-6-9(7-14(22-2)15(13)23-3)16(20)19-12-5-4-10(17)8-11(12)18/h4-8H,1-3H3,(H,19,20). The van der Waals surface area contributed by atoms with Gasteiger partial charge in [-0.05, 0) is 30.3 Å². The molecule has 0 spiro atoms. The molecule has 0 saturated heterocycles. The number of amides is 1. The van der Waals surface area contributed by atoms with Crippen LogP contribution in [-0.2, 0) is 0 Å². The minimum Gasteiger partial charge on any atom is -0.493 e. The summed E-state index contributed by atoms with van der Waals surface area (Å²) in [4.78, 5) is 12.3. The maximum absolute atomic E-state index is 13.8. The summed E-state index contributed by atoms with van der Waals surface area (Å²) in [6.07, 6.45) is 0. The molecule has 0 radical (unpaired) electrons. The molecule has 2 rings (SSSR count). The number of rotatable bonds is 5. The van der Waals surface area contributed by atoms with Gasteiger partial charge in [-0.25, -0.2) is 4.39 Å². The number of carbonyl (C=O) groups excluding carboxylic acids is 1. The van der Waals surface area contributed by atoms with Crippen molar-refractivity contribution in [3.63, 3.8) is 0 Å². The third-order valence-corrected chi connectivity index (χ3v) is 3.34. The summed E-state index contributed by atoms with van der Waals surface area (Å²) in [5.41, 5.74) is 0.252. The first-order chi connectivity index (χ1) is 11.0. The second-order valence-electron chi connectivity index (χ2n) is 4.49. The van der Waals surface area contributed by atoms with Crippen LogP contribution in [0.25, 0.3) is 0 Å². The van der Waals surface area contributed by atoms with Crippen LogP contribution >= 0.6 is 11.6 Å². The van der Waals surface area contributed by atoms with Crippen molar-refractivity contribution >= 4 is 23.2 Å². The van der Waals surface area contributed by atoms with E-state index >= 15 is 0 Å². The monoisotopic (exact) mass is 339 g/mol. The second kappa shape index (κ2) is 7.19. The van der Waals surface area contributed by atoms with Crippen molar-refractivity contribution in [2.24, 2.45) is 0 Å². The highest BCUT2D eigenvalue weighted by molar-refractivity contribution is 6.30. The van der Waals surface area contributed by atoms with Crippen LogP contribution in [0.1, 0.15) is 10.4 Å². The summed E-state index contributed by atoms with van der Waals surface area (Å²) < 4.78 is 29.3. The van der Waals surface area contributed by atoms with Gasteiger partial charge in [0.05, 0.1) is 27.0 Å². The molecule has 0 atom stereocenters. The average Bonchev–Trinajstić information content (AvgIpc) is 2.55. The van der Waals surface area contributed by atoms with Crippen LogP contribution in [0.4, 0.5) is 10.1 Å². The van der Waals surface area contributed by atoms with E-state index in [0.29, 0.717) is 17.2 Å². The topological polar surface area (TPSA) is 56.8 Å². The van der Waals surface area contributed by atoms with Crippen LogP contribution in [-0.4, -0.2) is 27.2 Å². The van der Waals surface area contributed by atoms with Gasteiger partial charge in [0, 0.05) is 10.6 Å². The Balaban J connectivity index is 2.35. The van der Waals surface area contributed by atoms with Crippen molar-refractivity contribution in [1.82, 2.24) is 0 Å². The third kappa shape index (κ3) is 3.65. The number of carbonyl (C=O) groups is 1. The van der Waals surface area contributed by atoms with E-state index in [1.165, 1.54) is 45.6 Å². The zero-order chi connectivity index (χ0) is 17.0. The maximum atomic E-state index is 13.8. The lowest BCUT2D eigenvalue weighted by Crippen LogP contribution is -2.13. The number of hydrogen-bond acceptors (Lipinski definition) is 4. The first kappa shape index (κ1) is 16.9. The van der Waals surface area contributed by atoms with Gasteiger partial charge in [0.15, 0.2) is 11.5 Å². The highest BCUT2D eigenvalue weighted by Crippen LogP contribution is 2.38. The number of anilines is 1. The second-order valence-corrected chi connectivity index (χ2v) is 4.93. The molecule has 5 nitrogen and oxygen atoms in total. The van der Waals surface area contributed by atoms with Crippen molar-refractivity contribution < 1.29 is 23.4 Å². The molecular formula is C16H15ClFNO4. The lowest BCUT2D eigenvalue weighted by atomic mass is 10.1. The molecule has 0 fully saturated rings. The summed E-state index contributed by atoms with van der Waals surface area (Å²) in [6, 6.07) is 6.93. The van der Waals surface area contributed by atoms with Crippen LogP contribution in [0.15, 0.2) is 30.3 Å². The van der Waals surface area contributed by atoms with E-state index in [0.717, 1.165) is 6.07 Å². The molecule has 0 aromatic heterocycles. The summed E-state index contributed by atoms with van der Waals surface area (Å²) in [6.45, 7) is 0.